The third-order valence-corrected chi connectivity index (χ3v) is 4.20. The molecule has 1 fully saturated rings. The molecule has 0 spiro atoms. The molecule has 2 amide bonds. The van der Waals surface area contributed by atoms with Crippen LogP contribution < -0.4 is 5.32 Å². The lowest BCUT2D eigenvalue weighted by Gasteiger charge is -2.20. The van der Waals surface area contributed by atoms with Gasteiger partial charge in [-0.05, 0) is 36.5 Å². The van der Waals surface area contributed by atoms with Crippen LogP contribution in [-0.4, -0.2) is 46.7 Å². The minimum Gasteiger partial charge on any atom is -0.441 e. The molecule has 0 unspecified atom stereocenters. The Balaban J connectivity index is 1.53. The van der Waals surface area contributed by atoms with Gasteiger partial charge in [0.15, 0.2) is 11.8 Å². The highest BCUT2D eigenvalue weighted by Gasteiger charge is 2.30. The van der Waals surface area contributed by atoms with Crippen molar-refractivity contribution in [3.8, 4) is 0 Å². The highest BCUT2D eigenvalue weighted by Crippen LogP contribution is 2.13. The van der Waals surface area contributed by atoms with Crippen molar-refractivity contribution in [1.29, 1.82) is 0 Å². The Labute approximate surface area is 151 Å². The molecule has 1 N–H and O–H groups in total. The molecule has 25 heavy (non-hydrogen) atoms. The second kappa shape index (κ2) is 7.76. The summed E-state index contributed by atoms with van der Waals surface area (Å²) in [6.45, 7) is 0.977. The number of ether oxygens (including phenoxy) is 1. The summed E-state index contributed by atoms with van der Waals surface area (Å²) in [6.07, 6.45) is 0. The lowest BCUT2D eigenvalue weighted by Crippen LogP contribution is -2.39. The molecule has 0 bridgehead atoms. The molecule has 1 saturated heterocycles. The number of carbonyl (C=O) groups is 2. The molecule has 2 aromatic rings. The first-order chi connectivity index (χ1) is 12.1. The predicted molar refractivity (Wildman–Crippen MR) is 98.2 cm³/mol. The van der Waals surface area contributed by atoms with Crippen LogP contribution in [0.1, 0.15) is 10.4 Å². The number of anilines is 1. The second-order valence-electron chi connectivity index (χ2n) is 5.42. The molecular formula is C18H17N3O3S. The smallest absolute Gasteiger partial charge is 0.339 e. The van der Waals surface area contributed by atoms with E-state index in [9.17, 15) is 9.59 Å². The topological polar surface area (TPSA) is 61.9 Å². The highest BCUT2D eigenvalue weighted by atomic mass is 32.1. The molecule has 3 rings (SSSR count). The average molecular weight is 355 g/mol. The number of nitrogens with one attached hydrogen (secondary N) is 1. The maximum atomic E-state index is 12.3. The number of para-hydroxylation sites is 1. The van der Waals surface area contributed by atoms with Gasteiger partial charge in [0.05, 0.1) is 5.56 Å². The zero-order valence-electron chi connectivity index (χ0n) is 13.4. The number of urea groups is 1. The average Bonchev–Trinajstić information content (AvgIpc) is 3.02. The number of benzene rings is 2. The van der Waals surface area contributed by atoms with Gasteiger partial charge in [0.25, 0.3) is 0 Å². The number of carbonyl (C=O) groups excluding carboxylic acids is 2. The Morgan fingerprint density at radius 1 is 1.00 bits per heavy atom. The van der Waals surface area contributed by atoms with E-state index in [2.05, 4.69) is 5.32 Å². The van der Waals surface area contributed by atoms with Gasteiger partial charge in [-0.3, -0.25) is 4.90 Å². The van der Waals surface area contributed by atoms with Gasteiger partial charge in [-0.15, -0.1) is 0 Å². The third kappa shape index (κ3) is 4.13. The van der Waals surface area contributed by atoms with E-state index in [-0.39, 0.29) is 12.8 Å². The van der Waals surface area contributed by atoms with Crippen LogP contribution in [0.3, 0.4) is 0 Å². The van der Waals surface area contributed by atoms with Crippen molar-refractivity contribution in [2.75, 3.05) is 25.1 Å². The molecule has 1 aliphatic rings. The largest absolute Gasteiger partial charge is 0.441 e. The normalized spacial score (nSPS) is 13.7. The first kappa shape index (κ1) is 16.9. The van der Waals surface area contributed by atoms with Gasteiger partial charge in [-0.25, -0.2) is 9.59 Å². The van der Waals surface area contributed by atoms with Gasteiger partial charge in [0, 0.05) is 18.8 Å². The quantitative estimate of drug-likeness (QED) is 0.675. The SMILES string of the molecule is O=C(OCN1CCN(C(=O)Nc2ccccc2)C1=S)c1ccccc1. The Kier molecular flexibility index (Phi) is 5.25. The molecule has 0 aliphatic carbocycles. The Morgan fingerprint density at radius 2 is 1.64 bits per heavy atom. The molecule has 0 aromatic heterocycles. The summed E-state index contributed by atoms with van der Waals surface area (Å²) in [7, 11) is 0. The number of rotatable bonds is 4. The first-order valence-electron chi connectivity index (χ1n) is 7.80. The number of amides is 2. The van der Waals surface area contributed by atoms with E-state index >= 15 is 0 Å². The van der Waals surface area contributed by atoms with E-state index in [1.165, 1.54) is 4.90 Å². The van der Waals surface area contributed by atoms with E-state index in [1.807, 2.05) is 24.3 Å². The second-order valence-corrected chi connectivity index (χ2v) is 5.79. The Morgan fingerprint density at radius 3 is 2.32 bits per heavy atom. The van der Waals surface area contributed by atoms with E-state index in [4.69, 9.17) is 17.0 Å². The Bertz CT molecular complexity index is 768. The number of hydrogen-bond donors (Lipinski definition) is 1. The van der Waals surface area contributed by atoms with Gasteiger partial charge in [0.1, 0.15) is 0 Å². The fraction of sp³-hybridized carbons (Fsp3) is 0.167. The zero-order chi connectivity index (χ0) is 17.6. The molecule has 0 saturated carbocycles. The summed E-state index contributed by atoms with van der Waals surface area (Å²) in [4.78, 5) is 27.4. The van der Waals surface area contributed by atoms with Gasteiger partial charge >= 0.3 is 12.0 Å². The van der Waals surface area contributed by atoms with Gasteiger partial charge in [0.2, 0.25) is 0 Å². The van der Waals surface area contributed by atoms with Crippen LogP contribution in [0.2, 0.25) is 0 Å². The van der Waals surface area contributed by atoms with Crippen molar-refractivity contribution >= 4 is 35.0 Å². The van der Waals surface area contributed by atoms with Crippen molar-refractivity contribution in [1.82, 2.24) is 9.80 Å². The zero-order valence-corrected chi connectivity index (χ0v) is 14.2. The van der Waals surface area contributed by atoms with Crippen LogP contribution >= 0.6 is 12.2 Å². The van der Waals surface area contributed by atoms with E-state index in [0.717, 1.165) is 0 Å². The van der Waals surface area contributed by atoms with Crippen molar-refractivity contribution in [3.63, 3.8) is 0 Å². The third-order valence-electron chi connectivity index (χ3n) is 3.73. The van der Waals surface area contributed by atoms with Crippen LogP contribution in [0, 0.1) is 0 Å². The maximum absolute atomic E-state index is 12.3. The molecular weight excluding hydrogens is 338 g/mol. The fourth-order valence-electron chi connectivity index (χ4n) is 2.40. The predicted octanol–water partition coefficient (Wildman–Crippen LogP) is 2.94. The summed E-state index contributed by atoms with van der Waals surface area (Å²) in [5.74, 6) is -0.421. The summed E-state index contributed by atoms with van der Waals surface area (Å²) < 4.78 is 5.27. The number of thiocarbonyl (C=S) groups is 1. The number of nitrogens with zero attached hydrogens (tertiary/aromatic N) is 2. The van der Waals surface area contributed by atoms with Crippen molar-refractivity contribution in [3.05, 3.63) is 66.2 Å². The van der Waals surface area contributed by atoms with Gasteiger partial charge < -0.3 is 15.0 Å². The molecule has 0 radical (unpaired) electrons. The van der Waals surface area contributed by atoms with Gasteiger partial charge in [-0.2, -0.15) is 0 Å². The molecule has 2 aromatic carbocycles. The van der Waals surface area contributed by atoms with Crippen molar-refractivity contribution < 1.29 is 14.3 Å². The lowest BCUT2D eigenvalue weighted by molar-refractivity contribution is 0.0365. The minimum atomic E-state index is -0.421. The molecule has 128 valence electrons. The van der Waals surface area contributed by atoms with E-state index < -0.39 is 5.97 Å². The summed E-state index contributed by atoms with van der Waals surface area (Å²) in [6, 6.07) is 17.6. The summed E-state index contributed by atoms with van der Waals surface area (Å²) in [5.41, 5.74) is 1.18. The Hall–Kier alpha value is -2.93. The van der Waals surface area contributed by atoms with Crippen molar-refractivity contribution in [2.24, 2.45) is 0 Å². The van der Waals surface area contributed by atoms with E-state index in [0.29, 0.717) is 29.5 Å². The molecule has 1 aliphatic heterocycles. The van der Waals surface area contributed by atoms with Crippen LogP contribution in [0.25, 0.3) is 0 Å². The summed E-state index contributed by atoms with van der Waals surface area (Å²) >= 11 is 5.32. The standard InChI is InChI=1S/C18H17N3O3S/c22-16(14-7-3-1-4-8-14)24-13-20-11-12-21(18(20)25)17(23)19-15-9-5-2-6-10-15/h1-10H,11-13H2,(H,19,23). The monoisotopic (exact) mass is 355 g/mol. The van der Waals surface area contributed by atoms with Crippen molar-refractivity contribution in [2.45, 2.75) is 0 Å². The highest BCUT2D eigenvalue weighted by molar-refractivity contribution is 7.80. The van der Waals surface area contributed by atoms with Crippen LogP contribution in [0.4, 0.5) is 10.5 Å². The molecule has 7 heteroatoms. The van der Waals surface area contributed by atoms with Crippen LogP contribution in [0.5, 0.6) is 0 Å². The summed E-state index contributed by atoms with van der Waals surface area (Å²) in [5, 5.41) is 3.13. The molecule has 1 heterocycles. The maximum Gasteiger partial charge on any atom is 0.339 e. The fourth-order valence-corrected chi connectivity index (χ4v) is 2.72. The van der Waals surface area contributed by atoms with Crippen LogP contribution in [0.15, 0.2) is 60.7 Å². The van der Waals surface area contributed by atoms with Gasteiger partial charge in [-0.1, -0.05) is 36.4 Å². The minimum absolute atomic E-state index is 0.0156. The lowest BCUT2D eigenvalue weighted by atomic mass is 10.2. The van der Waals surface area contributed by atoms with E-state index in [1.54, 1.807) is 41.3 Å². The molecule has 6 nitrogen and oxygen atoms in total. The first-order valence-corrected chi connectivity index (χ1v) is 8.20. The molecule has 0 atom stereocenters. The number of esters is 1. The van der Waals surface area contributed by atoms with Crippen LogP contribution in [-0.2, 0) is 4.74 Å². The number of hydrogen-bond acceptors (Lipinski definition) is 4.